The number of ether oxygens (including phenoxy) is 1. The molecule has 1 aliphatic rings. The molecule has 1 aromatic heterocycles. The second-order valence-corrected chi connectivity index (χ2v) is 7.22. The van der Waals surface area contributed by atoms with Crippen molar-refractivity contribution in [3.63, 3.8) is 0 Å². The lowest BCUT2D eigenvalue weighted by Crippen LogP contribution is -2.38. The Morgan fingerprint density at radius 1 is 1.30 bits per heavy atom. The normalized spacial score (nSPS) is 15.7. The summed E-state index contributed by atoms with van der Waals surface area (Å²) >= 11 is 6.04. The Bertz CT molecular complexity index is 969. The molecule has 0 spiro atoms. The van der Waals surface area contributed by atoms with Crippen LogP contribution in [-0.4, -0.2) is 34.2 Å². The van der Waals surface area contributed by atoms with Gasteiger partial charge in [-0.15, -0.1) is 0 Å². The number of rotatable bonds is 4. The van der Waals surface area contributed by atoms with E-state index >= 15 is 0 Å². The molecule has 6 heteroatoms. The van der Waals surface area contributed by atoms with E-state index in [1.807, 2.05) is 61.8 Å². The van der Waals surface area contributed by atoms with Crippen LogP contribution >= 0.6 is 11.6 Å². The van der Waals surface area contributed by atoms with E-state index in [1.54, 1.807) is 15.8 Å². The summed E-state index contributed by atoms with van der Waals surface area (Å²) in [6.45, 7) is 0.916. The number of para-hydroxylation sites is 1. The number of halogens is 1. The highest BCUT2D eigenvalue weighted by atomic mass is 35.5. The molecule has 5 nitrogen and oxygen atoms in total. The molecule has 1 aliphatic heterocycles. The maximum absolute atomic E-state index is 12.8. The van der Waals surface area contributed by atoms with Gasteiger partial charge < -0.3 is 9.64 Å². The summed E-state index contributed by atoms with van der Waals surface area (Å²) in [4.78, 5) is 14.6. The molecule has 0 saturated heterocycles. The van der Waals surface area contributed by atoms with E-state index in [1.165, 1.54) is 0 Å². The SMILES string of the molecule is CN(Cc1cnn(-c2cccc(Cl)c2)c1)C(=O)C1COc2ccccc2C1. The topological polar surface area (TPSA) is 47.4 Å². The van der Waals surface area contributed by atoms with Crippen LogP contribution in [0.5, 0.6) is 5.75 Å². The lowest BCUT2D eigenvalue weighted by molar-refractivity contribution is -0.136. The third-order valence-electron chi connectivity index (χ3n) is 4.73. The zero-order valence-corrected chi connectivity index (χ0v) is 15.8. The Hall–Kier alpha value is -2.79. The number of fused-ring (bicyclic) bond motifs is 1. The average molecular weight is 382 g/mol. The van der Waals surface area contributed by atoms with Gasteiger partial charge in [-0.3, -0.25) is 4.79 Å². The van der Waals surface area contributed by atoms with Crippen LogP contribution in [0.4, 0.5) is 0 Å². The molecule has 3 aromatic rings. The zero-order valence-electron chi connectivity index (χ0n) is 15.0. The van der Waals surface area contributed by atoms with Gasteiger partial charge in [-0.1, -0.05) is 35.9 Å². The zero-order chi connectivity index (χ0) is 18.8. The highest BCUT2D eigenvalue weighted by Gasteiger charge is 2.28. The van der Waals surface area contributed by atoms with Gasteiger partial charge in [0.2, 0.25) is 5.91 Å². The molecule has 2 aromatic carbocycles. The molecule has 0 saturated carbocycles. The van der Waals surface area contributed by atoms with Crippen molar-refractivity contribution >= 4 is 17.5 Å². The molecule has 0 N–H and O–H groups in total. The highest BCUT2D eigenvalue weighted by Crippen LogP contribution is 2.27. The van der Waals surface area contributed by atoms with Gasteiger partial charge in [-0.25, -0.2) is 4.68 Å². The van der Waals surface area contributed by atoms with Crippen molar-refractivity contribution < 1.29 is 9.53 Å². The molecule has 4 rings (SSSR count). The molecule has 1 unspecified atom stereocenters. The fraction of sp³-hybridized carbons (Fsp3) is 0.238. The molecule has 0 radical (unpaired) electrons. The fourth-order valence-electron chi connectivity index (χ4n) is 3.35. The molecule has 138 valence electrons. The van der Waals surface area contributed by atoms with Gasteiger partial charge in [-0.2, -0.15) is 5.10 Å². The Morgan fingerprint density at radius 2 is 2.15 bits per heavy atom. The number of carbonyl (C=O) groups excluding carboxylic acids is 1. The first kappa shape index (κ1) is 17.6. The number of aromatic nitrogens is 2. The minimum absolute atomic E-state index is 0.0833. The van der Waals surface area contributed by atoms with Crippen LogP contribution in [-0.2, 0) is 17.8 Å². The Morgan fingerprint density at radius 3 is 3.00 bits per heavy atom. The molecule has 0 fully saturated rings. The van der Waals surface area contributed by atoms with E-state index in [-0.39, 0.29) is 11.8 Å². The number of hydrogen-bond acceptors (Lipinski definition) is 3. The summed E-state index contributed by atoms with van der Waals surface area (Å²) < 4.78 is 7.52. The molecule has 1 atom stereocenters. The van der Waals surface area contributed by atoms with Crippen molar-refractivity contribution in [1.82, 2.24) is 14.7 Å². The van der Waals surface area contributed by atoms with Gasteiger partial charge in [0, 0.05) is 30.4 Å². The number of nitrogens with zero attached hydrogens (tertiary/aromatic N) is 3. The first-order valence-electron chi connectivity index (χ1n) is 8.85. The summed E-state index contributed by atoms with van der Waals surface area (Å²) in [6.07, 6.45) is 4.40. The van der Waals surface area contributed by atoms with Crippen LogP contribution in [0, 0.1) is 5.92 Å². The van der Waals surface area contributed by atoms with Crippen LogP contribution in [0.25, 0.3) is 5.69 Å². The summed E-state index contributed by atoms with van der Waals surface area (Å²) in [5, 5.41) is 5.04. The third kappa shape index (κ3) is 3.83. The minimum atomic E-state index is -0.159. The van der Waals surface area contributed by atoms with Crippen molar-refractivity contribution in [1.29, 1.82) is 0 Å². The first-order chi connectivity index (χ1) is 13.1. The van der Waals surface area contributed by atoms with Gasteiger partial charge >= 0.3 is 0 Å². The van der Waals surface area contributed by atoms with Crippen molar-refractivity contribution in [3.05, 3.63) is 77.1 Å². The van der Waals surface area contributed by atoms with Crippen LogP contribution in [0.15, 0.2) is 60.9 Å². The maximum atomic E-state index is 12.8. The number of amides is 1. The van der Waals surface area contributed by atoms with E-state index in [4.69, 9.17) is 16.3 Å². The lowest BCUT2D eigenvalue weighted by Gasteiger charge is -2.28. The average Bonchev–Trinajstić information content (AvgIpc) is 3.15. The second-order valence-electron chi connectivity index (χ2n) is 6.79. The predicted molar refractivity (Wildman–Crippen MR) is 104 cm³/mol. The molecule has 27 heavy (non-hydrogen) atoms. The fourth-order valence-corrected chi connectivity index (χ4v) is 3.54. The summed E-state index contributed by atoms with van der Waals surface area (Å²) in [5.74, 6) is 0.805. The van der Waals surface area contributed by atoms with Gasteiger partial charge in [0.1, 0.15) is 12.4 Å². The summed E-state index contributed by atoms with van der Waals surface area (Å²) in [7, 11) is 1.82. The van der Waals surface area contributed by atoms with Crippen LogP contribution in [0.1, 0.15) is 11.1 Å². The molecule has 2 heterocycles. The first-order valence-corrected chi connectivity index (χ1v) is 9.23. The molecule has 1 amide bonds. The van der Waals surface area contributed by atoms with Gasteiger partial charge in [0.05, 0.1) is 17.8 Å². The van der Waals surface area contributed by atoms with Crippen LogP contribution in [0.3, 0.4) is 0 Å². The van der Waals surface area contributed by atoms with E-state index in [2.05, 4.69) is 5.10 Å². The maximum Gasteiger partial charge on any atom is 0.229 e. The molecular formula is C21H20ClN3O2. The van der Waals surface area contributed by atoms with Gasteiger partial charge in [-0.05, 0) is 36.2 Å². The van der Waals surface area contributed by atoms with Crippen LogP contribution in [0.2, 0.25) is 5.02 Å². The molecular weight excluding hydrogens is 362 g/mol. The van der Waals surface area contributed by atoms with E-state index < -0.39 is 0 Å². The Balaban J connectivity index is 1.42. The van der Waals surface area contributed by atoms with Gasteiger partial charge in [0.25, 0.3) is 0 Å². The molecule has 0 bridgehead atoms. The molecule has 0 aliphatic carbocycles. The second kappa shape index (κ2) is 7.45. The quantitative estimate of drug-likeness (QED) is 0.691. The number of hydrogen-bond donors (Lipinski definition) is 0. The van der Waals surface area contributed by atoms with E-state index in [9.17, 15) is 4.79 Å². The third-order valence-corrected chi connectivity index (χ3v) is 4.97. The monoisotopic (exact) mass is 381 g/mol. The standard InChI is InChI=1S/C21H20ClN3O2/c1-24(21(26)17-9-16-5-2-3-8-20(16)27-14-17)12-15-11-23-25(13-15)19-7-4-6-18(22)10-19/h2-8,10-11,13,17H,9,12,14H2,1H3. The smallest absolute Gasteiger partial charge is 0.229 e. The number of carbonyl (C=O) groups is 1. The Kier molecular flexibility index (Phi) is 4.86. The summed E-state index contributed by atoms with van der Waals surface area (Å²) in [5.41, 5.74) is 2.94. The Labute approximate surface area is 163 Å². The van der Waals surface area contributed by atoms with Crippen molar-refractivity contribution in [3.8, 4) is 11.4 Å². The van der Waals surface area contributed by atoms with E-state index in [0.717, 1.165) is 22.6 Å². The van der Waals surface area contributed by atoms with E-state index in [0.29, 0.717) is 24.6 Å². The lowest BCUT2D eigenvalue weighted by atomic mass is 9.95. The highest BCUT2D eigenvalue weighted by molar-refractivity contribution is 6.30. The van der Waals surface area contributed by atoms with Crippen molar-refractivity contribution in [2.75, 3.05) is 13.7 Å². The van der Waals surface area contributed by atoms with Crippen LogP contribution < -0.4 is 4.74 Å². The van der Waals surface area contributed by atoms with Crippen molar-refractivity contribution in [2.45, 2.75) is 13.0 Å². The summed E-state index contributed by atoms with van der Waals surface area (Å²) in [6, 6.07) is 15.4. The van der Waals surface area contributed by atoms with Gasteiger partial charge in [0.15, 0.2) is 0 Å². The number of benzene rings is 2. The van der Waals surface area contributed by atoms with Crippen molar-refractivity contribution in [2.24, 2.45) is 5.92 Å². The minimum Gasteiger partial charge on any atom is -0.492 e. The largest absolute Gasteiger partial charge is 0.492 e. The predicted octanol–water partition coefficient (Wildman–Crippen LogP) is 3.74.